The van der Waals surface area contributed by atoms with Crippen LogP contribution in [0.25, 0.3) is 20.2 Å². The first-order valence-corrected chi connectivity index (χ1v) is 14.5. The summed E-state index contributed by atoms with van der Waals surface area (Å²) in [6, 6.07) is 12.2. The van der Waals surface area contributed by atoms with Gasteiger partial charge in [0.05, 0.1) is 0 Å². The van der Waals surface area contributed by atoms with E-state index in [2.05, 4.69) is 34.1 Å². The van der Waals surface area contributed by atoms with Crippen LogP contribution in [0.1, 0.15) is 84.9 Å². The predicted octanol–water partition coefficient (Wildman–Crippen LogP) is 6.95. The fourth-order valence-corrected chi connectivity index (χ4v) is 6.77. The molecule has 0 spiro atoms. The largest absolute Gasteiger partial charge is 0.303 e. The van der Waals surface area contributed by atoms with Crippen molar-refractivity contribution in [3.63, 3.8) is 0 Å². The number of likely N-dealkylation sites (tertiary alicyclic amines) is 2. The third-order valence-electron chi connectivity index (χ3n) is 7.77. The Hall–Kier alpha value is -2.08. The monoisotopic (exact) mass is 490 g/mol. The van der Waals surface area contributed by atoms with Crippen LogP contribution in [0.4, 0.5) is 0 Å². The van der Waals surface area contributed by atoms with Gasteiger partial charge in [0.25, 0.3) is 0 Å². The lowest BCUT2D eigenvalue weighted by Crippen LogP contribution is -2.30. The van der Waals surface area contributed by atoms with Crippen molar-refractivity contribution in [1.29, 1.82) is 0 Å². The van der Waals surface area contributed by atoms with E-state index in [4.69, 9.17) is 0 Å². The van der Waals surface area contributed by atoms with Gasteiger partial charge in [0.1, 0.15) is 0 Å². The summed E-state index contributed by atoms with van der Waals surface area (Å²) in [7, 11) is 0. The van der Waals surface area contributed by atoms with Crippen molar-refractivity contribution in [2.24, 2.45) is 0 Å². The lowest BCUT2D eigenvalue weighted by atomic mass is 10.0. The fourth-order valence-electron chi connectivity index (χ4n) is 5.71. The Morgan fingerprint density at radius 2 is 1.06 bits per heavy atom. The van der Waals surface area contributed by atoms with Gasteiger partial charge in [-0.05, 0) is 114 Å². The minimum absolute atomic E-state index is 0.230. The van der Waals surface area contributed by atoms with E-state index in [9.17, 15) is 9.59 Å². The Kier molecular flexibility index (Phi) is 8.27. The third-order valence-corrected chi connectivity index (χ3v) is 8.92. The minimum Gasteiger partial charge on any atom is -0.303 e. The molecule has 0 aliphatic carbocycles. The second-order valence-corrected chi connectivity index (χ2v) is 11.5. The molecule has 4 nitrogen and oxygen atoms in total. The molecule has 2 saturated heterocycles. The van der Waals surface area contributed by atoms with Crippen LogP contribution in [-0.4, -0.2) is 60.6 Å². The summed E-state index contributed by atoms with van der Waals surface area (Å²) in [5, 5.41) is 2.21. The highest BCUT2D eigenvalue weighted by molar-refractivity contribution is 7.25. The number of ketones is 2. The molecular weight excluding hydrogens is 452 g/mol. The molecule has 0 radical (unpaired) electrons. The normalized spacial score (nSPS) is 17.8. The van der Waals surface area contributed by atoms with Crippen LogP contribution in [0.15, 0.2) is 36.4 Å². The lowest BCUT2D eigenvalue weighted by Gasteiger charge is -2.26. The molecule has 0 unspecified atom stereocenters. The SMILES string of the molecule is O=C(CCCN1CCCCC1)c1ccc2sc3ccc(C(=O)CCCN4CCCCC4)cc3c2c1. The van der Waals surface area contributed by atoms with Crippen molar-refractivity contribution < 1.29 is 9.59 Å². The van der Waals surface area contributed by atoms with Crippen molar-refractivity contribution >= 4 is 43.1 Å². The molecule has 3 heterocycles. The van der Waals surface area contributed by atoms with Crippen molar-refractivity contribution in [3.05, 3.63) is 47.5 Å². The van der Waals surface area contributed by atoms with Gasteiger partial charge in [-0.1, -0.05) is 12.8 Å². The summed E-state index contributed by atoms with van der Waals surface area (Å²) >= 11 is 1.74. The molecule has 0 amide bonds. The van der Waals surface area contributed by atoms with Gasteiger partial charge in [0, 0.05) is 44.1 Å². The molecular formula is C30H38N2O2S. The van der Waals surface area contributed by atoms with Crippen molar-refractivity contribution in [2.45, 2.75) is 64.2 Å². The highest BCUT2D eigenvalue weighted by atomic mass is 32.1. The molecule has 1 aromatic heterocycles. The van der Waals surface area contributed by atoms with Gasteiger partial charge in [0.2, 0.25) is 0 Å². The average Bonchev–Trinajstić information content (AvgIpc) is 3.27. The zero-order valence-corrected chi connectivity index (χ0v) is 21.7. The molecule has 2 aliphatic heterocycles. The van der Waals surface area contributed by atoms with Crippen LogP contribution in [0.5, 0.6) is 0 Å². The zero-order chi connectivity index (χ0) is 24.0. The first-order valence-electron chi connectivity index (χ1n) is 13.6. The first-order chi connectivity index (χ1) is 17.2. The van der Waals surface area contributed by atoms with Gasteiger partial charge < -0.3 is 9.80 Å². The Balaban J connectivity index is 1.23. The fraction of sp³-hybridized carbons (Fsp3) is 0.533. The van der Waals surface area contributed by atoms with E-state index in [1.807, 2.05) is 12.1 Å². The number of thiophene rings is 1. The van der Waals surface area contributed by atoms with Crippen LogP contribution in [-0.2, 0) is 0 Å². The molecule has 0 N–H and O–H groups in total. The van der Waals surface area contributed by atoms with Gasteiger partial charge in [-0.25, -0.2) is 0 Å². The third kappa shape index (κ3) is 6.19. The number of carbonyl (C=O) groups is 2. The van der Waals surface area contributed by atoms with Crippen LogP contribution >= 0.6 is 11.3 Å². The topological polar surface area (TPSA) is 40.6 Å². The standard InChI is InChI=1S/C30H38N2O2S/c33-27(9-7-19-31-15-3-1-4-16-31)23-11-13-29-25(21-23)26-22-24(12-14-30(26)35-29)28(34)10-8-20-32-17-5-2-6-18-32/h11-14,21-22H,1-10,15-20H2. The maximum atomic E-state index is 12.9. The number of nitrogens with zero attached hydrogens (tertiary/aromatic N) is 2. The molecule has 35 heavy (non-hydrogen) atoms. The van der Waals surface area contributed by atoms with Gasteiger partial charge in [0.15, 0.2) is 11.6 Å². The number of rotatable bonds is 10. The van der Waals surface area contributed by atoms with Crippen molar-refractivity contribution in [1.82, 2.24) is 9.80 Å². The molecule has 5 heteroatoms. The summed E-state index contributed by atoms with van der Waals surface area (Å²) in [5.41, 5.74) is 1.60. The van der Waals surface area contributed by atoms with Gasteiger partial charge in [-0.15, -0.1) is 11.3 Å². The van der Waals surface area contributed by atoms with Crippen molar-refractivity contribution in [2.75, 3.05) is 39.3 Å². The van der Waals surface area contributed by atoms with E-state index in [1.165, 1.54) is 74.1 Å². The quantitative estimate of drug-likeness (QED) is 0.288. The second kappa shape index (κ2) is 11.8. The van der Waals surface area contributed by atoms with E-state index in [1.54, 1.807) is 11.3 Å². The average molecular weight is 491 g/mol. The highest BCUT2D eigenvalue weighted by Gasteiger charge is 2.15. The summed E-state index contributed by atoms with van der Waals surface area (Å²) in [5.74, 6) is 0.460. The van der Waals surface area contributed by atoms with Gasteiger partial charge >= 0.3 is 0 Å². The zero-order valence-electron chi connectivity index (χ0n) is 20.9. The molecule has 0 bridgehead atoms. The van der Waals surface area contributed by atoms with Gasteiger partial charge in [-0.3, -0.25) is 9.59 Å². The Labute approximate surface area is 213 Å². The van der Waals surface area contributed by atoms with E-state index in [0.29, 0.717) is 12.8 Å². The molecule has 5 rings (SSSR count). The summed E-state index contributed by atoms with van der Waals surface area (Å²) < 4.78 is 2.36. The number of piperidine rings is 2. The molecule has 0 atom stereocenters. The van der Waals surface area contributed by atoms with E-state index in [0.717, 1.165) is 47.8 Å². The van der Waals surface area contributed by atoms with E-state index < -0.39 is 0 Å². The first kappa shape index (κ1) is 24.6. The maximum absolute atomic E-state index is 12.9. The number of hydrogen-bond acceptors (Lipinski definition) is 5. The van der Waals surface area contributed by atoms with Crippen LogP contribution in [0.2, 0.25) is 0 Å². The number of Topliss-reactive ketones (excluding diaryl/α,β-unsaturated/α-hetero) is 2. The summed E-state index contributed by atoms with van der Waals surface area (Å²) in [6.45, 7) is 6.78. The Bertz CT molecular complexity index is 1080. The number of carbonyl (C=O) groups excluding carboxylic acids is 2. The van der Waals surface area contributed by atoms with Gasteiger partial charge in [-0.2, -0.15) is 0 Å². The predicted molar refractivity (Wildman–Crippen MR) is 147 cm³/mol. The molecule has 0 saturated carbocycles. The second-order valence-electron chi connectivity index (χ2n) is 10.4. The molecule has 2 fully saturated rings. The highest BCUT2D eigenvalue weighted by Crippen LogP contribution is 2.35. The smallest absolute Gasteiger partial charge is 0.162 e. The van der Waals surface area contributed by atoms with E-state index in [-0.39, 0.29) is 11.6 Å². The van der Waals surface area contributed by atoms with Crippen LogP contribution < -0.4 is 0 Å². The van der Waals surface area contributed by atoms with E-state index >= 15 is 0 Å². The lowest BCUT2D eigenvalue weighted by molar-refractivity contribution is 0.0965. The summed E-state index contributed by atoms with van der Waals surface area (Å²) in [4.78, 5) is 30.9. The van der Waals surface area contributed by atoms with Crippen LogP contribution in [0.3, 0.4) is 0 Å². The molecule has 3 aromatic rings. The number of fused-ring (bicyclic) bond motifs is 3. The minimum atomic E-state index is 0.230. The number of hydrogen-bond donors (Lipinski definition) is 0. The maximum Gasteiger partial charge on any atom is 0.162 e. The number of benzene rings is 2. The Morgan fingerprint density at radius 3 is 1.49 bits per heavy atom. The molecule has 2 aromatic carbocycles. The van der Waals surface area contributed by atoms with Crippen molar-refractivity contribution in [3.8, 4) is 0 Å². The molecule has 186 valence electrons. The summed E-state index contributed by atoms with van der Waals surface area (Å²) in [6.07, 6.45) is 10.9. The van der Waals surface area contributed by atoms with Crippen LogP contribution in [0, 0.1) is 0 Å². The molecule has 2 aliphatic rings. The Morgan fingerprint density at radius 1 is 0.629 bits per heavy atom.